The van der Waals surface area contributed by atoms with E-state index in [0.717, 1.165) is 10.1 Å². The zero-order valence-corrected chi connectivity index (χ0v) is 10.2. The first-order valence-electron chi connectivity index (χ1n) is 4.68. The number of ether oxygens (including phenoxy) is 1. The summed E-state index contributed by atoms with van der Waals surface area (Å²) >= 11 is 1.47. The van der Waals surface area contributed by atoms with Crippen molar-refractivity contribution in [3.8, 4) is 0 Å². The van der Waals surface area contributed by atoms with Crippen molar-refractivity contribution >= 4 is 22.4 Å². The fraction of sp³-hybridized carbons (Fsp3) is 0.667. The summed E-state index contributed by atoms with van der Waals surface area (Å²) in [5.41, 5.74) is 0. The maximum atomic E-state index is 11.2. The summed E-state index contributed by atoms with van der Waals surface area (Å²) < 4.78 is 4.63. The first-order valence-corrected chi connectivity index (χ1v) is 5.49. The van der Waals surface area contributed by atoms with Gasteiger partial charge in [-0.05, 0) is 20.8 Å². The van der Waals surface area contributed by atoms with Crippen molar-refractivity contribution in [2.75, 3.05) is 18.6 Å². The summed E-state index contributed by atoms with van der Waals surface area (Å²) in [5.74, 6) is -0.267. The molecule has 15 heavy (non-hydrogen) atoms. The lowest BCUT2D eigenvalue weighted by Crippen LogP contribution is -2.36. The molecule has 1 rings (SSSR count). The van der Waals surface area contributed by atoms with E-state index >= 15 is 0 Å². The molecule has 0 saturated heterocycles. The Bertz CT molecular complexity index is 338. The second-order valence-electron chi connectivity index (χ2n) is 3.40. The van der Waals surface area contributed by atoms with Gasteiger partial charge in [-0.15, -0.1) is 10.2 Å². The minimum absolute atomic E-state index is 0.191. The van der Waals surface area contributed by atoms with Crippen LogP contribution in [0.15, 0.2) is 0 Å². The van der Waals surface area contributed by atoms with Crippen LogP contribution in [-0.2, 0) is 9.53 Å². The Labute approximate surface area is 93.1 Å². The first kappa shape index (κ1) is 11.9. The largest absolute Gasteiger partial charge is 0.468 e. The van der Waals surface area contributed by atoms with Gasteiger partial charge >= 0.3 is 5.97 Å². The van der Waals surface area contributed by atoms with Gasteiger partial charge < -0.3 is 9.64 Å². The van der Waals surface area contributed by atoms with E-state index < -0.39 is 0 Å². The first-order chi connectivity index (χ1) is 7.04. The molecule has 6 heteroatoms. The number of carbonyl (C=O) groups excluding carboxylic acids is 1. The summed E-state index contributed by atoms with van der Waals surface area (Å²) in [4.78, 5) is 13.1. The molecule has 84 valence electrons. The highest BCUT2D eigenvalue weighted by atomic mass is 32.1. The molecular weight excluding hydrogens is 214 g/mol. The van der Waals surface area contributed by atoms with Gasteiger partial charge in [0.25, 0.3) is 0 Å². The second kappa shape index (κ2) is 5.06. The molecule has 0 radical (unpaired) electrons. The van der Waals surface area contributed by atoms with E-state index in [1.807, 2.05) is 25.7 Å². The Kier molecular flexibility index (Phi) is 4.02. The molecule has 1 heterocycles. The average Bonchev–Trinajstić information content (AvgIpc) is 2.60. The number of nitrogens with zero attached hydrogens (tertiary/aromatic N) is 3. The molecule has 0 atom stereocenters. The van der Waals surface area contributed by atoms with E-state index in [1.165, 1.54) is 18.4 Å². The van der Waals surface area contributed by atoms with Crippen molar-refractivity contribution in [3.05, 3.63) is 5.01 Å². The molecule has 0 saturated carbocycles. The zero-order chi connectivity index (χ0) is 11.4. The Hall–Kier alpha value is -1.17. The molecule has 0 aliphatic rings. The lowest BCUT2D eigenvalue weighted by Gasteiger charge is -2.23. The highest BCUT2D eigenvalue weighted by molar-refractivity contribution is 7.15. The predicted octanol–water partition coefficient (Wildman–Crippen LogP) is 1.23. The van der Waals surface area contributed by atoms with Gasteiger partial charge in [-0.3, -0.25) is 4.79 Å². The predicted molar refractivity (Wildman–Crippen MR) is 59.1 cm³/mol. The van der Waals surface area contributed by atoms with Crippen LogP contribution in [0.1, 0.15) is 18.9 Å². The van der Waals surface area contributed by atoms with Crippen LogP contribution in [-0.4, -0.2) is 35.9 Å². The Morgan fingerprint density at radius 3 is 2.60 bits per heavy atom. The molecule has 0 spiro atoms. The van der Waals surface area contributed by atoms with Crippen LogP contribution in [0.25, 0.3) is 0 Å². The lowest BCUT2D eigenvalue weighted by atomic mass is 10.3. The van der Waals surface area contributed by atoms with Crippen molar-refractivity contribution in [1.82, 2.24) is 10.2 Å². The molecule has 0 amide bonds. The van der Waals surface area contributed by atoms with Crippen molar-refractivity contribution in [3.63, 3.8) is 0 Å². The highest BCUT2D eigenvalue weighted by Crippen LogP contribution is 2.21. The quantitative estimate of drug-likeness (QED) is 0.727. The van der Waals surface area contributed by atoms with Crippen molar-refractivity contribution in [2.45, 2.75) is 26.8 Å². The monoisotopic (exact) mass is 229 g/mol. The van der Waals surface area contributed by atoms with Gasteiger partial charge in [-0.2, -0.15) is 0 Å². The zero-order valence-electron chi connectivity index (χ0n) is 9.35. The number of aryl methyl sites for hydroxylation is 1. The number of rotatable bonds is 4. The summed E-state index contributed by atoms with van der Waals surface area (Å²) in [6.07, 6.45) is 0. The van der Waals surface area contributed by atoms with Gasteiger partial charge in [-0.25, -0.2) is 0 Å². The minimum Gasteiger partial charge on any atom is -0.468 e. The fourth-order valence-corrected chi connectivity index (χ4v) is 1.90. The van der Waals surface area contributed by atoms with E-state index in [0.29, 0.717) is 0 Å². The van der Waals surface area contributed by atoms with E-state index in [4.69, 9.17) is 0 Å². The summed E-state index contributed by atoms with van der Waals surface area (Å²) in [6, 6.07) is 0.191. The minimum atomic E-state index is -0.267. The van der Waals surface area contributed by atoms with Gasteiger partial charge in [-0.1, -0.05) is 11.3 Å². The SMILES string of the molecule is COC(=O)CN(c1nnc(C)s1)C(C)C. The van der Waals surface area contributed by atoms with Crippen molar-refractivity contribution in [1.29, 1.82) is 0 Å². The summed E-state index contributed by atoms with van der Waals surface area (Å²) in [5, 5.41) is 9.59. The van der Waals surface area contributed by atoms with E-state index in [9.17, 15) is 4.79 Å². The van der Waals surface area contributed by atoms with Gasteiger partial charge in [0.2, 0.25) is 5.13 Å². The highest BCUT2D eigenvalue weighted by Gasteiger charge is 2.18. The molecule has 0 unspecified atom stereocenters. The Morgan fingerprint density at radius 2 is 2.20 bits per heavy atom. The maximum Gasteiger partial charge on any atom is 0.325 e. The third kappa shape index (κ3) is 3.16. The fourth-order valence-electron chi connectivity index (χ4n) is 1.08. The molecule has 0 aromatic carbocycles. The number of aromatic nitrogens is 2. The van der Waals surface area contributed by atoms with Gasteiger partial charge in [0.1, 0.15) is 11.6 Å². The van der Waals surface area contributed by atoms with Gasteiger partial charge in [0.05, 0.1) is 7.11 Å². The Balaban J connectivity index is 2.79. The van der Waals surface area contributed by atoms with Crippen LogP contribution in [0.2, 0.25) is 0 Å². The molecule has 0 aliphatic carbocycles. The van der Waals surface area contributed by atoms with E-state index in [2.05, 4.69) is 14.9 Å². The molecule has 1 aromatic rings. The molecule has 5 nitrogen and oxygen atoms in total. The van der Waals surface area contributed by atoms with Crippen LogP contribution in [0.5, 0.6) is 0 Å². The molecular formula is C9H15N3O2S. The number of hydrogen-bond donors (Lipinski definition) is 0. The molecule has 0 N–H and O–H groups in total. The van der Waals surface area contributed by atoms with Crippen LogP contribution in [0.4, 0.5) is 5.13 Å². The lowest BCUT2D eigenvalue weighted by molar-refractivity contribution is -0.139. The van der Waals surface area contributed by atoms with Crippen molar-refractivity contribution < 1.29 is 9.53 Å². The van der Waals surface area contributed by atoms with Crippen LogP contribution >= 0.6 is 11.3 Å². The molecule has 1 aromatic heterocycles. The van der Waals surface area contributed by atoms with Crippen LogP contribution in [0, 0.1) is 6.92 Å². The van der Waals surface area contributed by atoms with E-state index in [1.54, 1.807) is 0 Å². The van der Waals surface area contributed by atoms with E-state index in [-0.39, 0.29) is 18.6 Å². The third-order valence-corrected chi connectivity index (χ3v) is 2.79. The molecule has 0 fully saturated rings. The third-order valence-electron chi connectivity index (χ3n) is 1.91. The van der Waals surface area contributed by atoms with Crippen LogP contribution in [0.3, 0.4) is 0 Å². The smallest absolute Gasteiger partial charge is 0.325 e. The van der Waals surface area contributed by atoms with Crippen molar-refractivity contribution in [2.24, 2.45) is 0 Å². The summed E-state index contributed by atoms with van der Waals surface area (Å²) in [6.45, 7) is 6.10. The normalized spacial score (nSPS) is 10.5. The van der Waals surface area contributed by atoms with Crippen LogP contribution < -0.4 is 4.90 Å². The standard InChI is InChI=1S/C9H15N3O2S/c1-6(2)12(5-8(13)14-4)9-11-10-7(3)15-9/h6H,5H2,1-4H3. The summed E-state index contributed by atoms with van der Waals surface area (Å²) in [7, 11) is 1.38. The number of carbonyl (C=O) groups is 1. The number of anilines is 1. The Morgan fingerprint density at radius 1 is 1.53 bits per heavy atom. The molecule has 0 aliphatic heterocycles. The molecule has 0 bridgehead atoms. The topological polar surface area (TPSA) is 55.3 Å². The number of esters is 1. The average molecular weight is 229 g/mol. The maximum absolute atomic E-state index is 11.2. The van der Waals surface area contributed by atoms with Gasteiger partial charge in [0.15, 0.2) is 0 Å². The number of hydrogen-bond acceptors (Lipinski definition) is 6. The number of methoxy groups -OCH3 is 1. The van der Waals surface area contributed by atoms with Gasteiger partial charge in [0, 0.05) is 6.04 Å². The second-order valence-corrected chi connectivity index (χ2v) is 4.56.